The second-order valence-corrected chi connectivity index (χ2v) is 8.52. The number of allylic oxidation sites excluding steroid dienone is 3. The Labute approximate surface area is 188 Å². The Morgan fingerprint density at radius 1 is 1.29 bits per heavy atom. The molecule has 0 bridgehead atoms. The average molecular weight is 482 g/mol. The number of nitrogens with two attached hydrogens (primary N) is 1. The number of carbonyl (C=O) groups is 1. The van der Waals surface area contributed by atoms with Crippen molar-refractivity contribution >= 4 is 21.7 Å². The summed E-state index contributed by atoms with van der Waals surface area (Å²) in [5.74, 6) is -0.155. The monoisotopic (exact) mass is 481 g/mol. The van der Waals surface area contributed by atoms with Gasteiger partial charge in [0.15, 0.2) is 5.78 Å². The topological polar surface area (TPSA) is 79.3 Å². The normalized spacial score (nSPS) is 18.7. The third-order valence-corrected chi connectivity index (χ3v) is 6.29. The van der Waals surface area contributed by atoms with Crippen LogP contribution >= 0.6 is 15.9 Å². The van der Waals surface area contributed by atoms with E-state index in [1.807, 2.05) is 12.1 Å². The van der Waals surface area contributed by atoms with E-state index in [-0.39, 0.29) is 18.2 Å². The minimum absolute atomic E-state index is 0.0124. The molecular formula is C24H21BrFN3O2. The molecule has 0 radical (unpaired) electrons. The maximum atomic E-state index is 14.1. The van der Waals surface area contributed by atoms with Crippen LogP contribution in [0.15, 0.2) is 69.6 Å². The zero-order chi connectivity index (χ0) is 22.1. The molecule has 0 unspecified atom stereocenters. The smallest absolute Gasteiger partial charge is 0.161 e. The summed E-state index contributed by atoms with van der Waals surface area (Å²) in [7, 11) is 1.79. The van der Waals surface area contributed by atoms with Crippen molar-refractivity contribution in [1.29, 1.82) is 5.26 Å². The molecule has 2 aliphatic rings. The fourth-order valence-electron chi connectivity index (χ4n) is 4.22. The highest BCUT2D eigenvalue weighted by atomic mass is 79.9. The first-order chi connectivity index (χ1) is 14.9. The fraction of sp³-hybridized carbons (Fsp3) is 0.250. The third kappa shape index (κ3) is 3.84. The van der Waals surface area contributed by atoms with Crippen molar-refractivity contribution in [3.05, 3.63) is 86.5 Å². The van der Waals surface area contributed by atoms with E-state index in [0.29, 0.717) is 46.7 Å². The number of rotatable bonds is 4. The number of carbonyl (C=O) groups excluding carboxylic acids is 1. The first kappa shape index (κ1) is 21.1. The standard InChI is InChI=1S/C24H21BrFN3O2/c1-29-19-7-4-8-20(30)23(19)22(17(12-27)24(29)28)16-11-15(25)9-10-21(16)31-13-14-5-2-3-6-18(14)26/h2-3,5-6,9-11,22H,4,7-8,13,28H2,1H3/t22-/m1/s1. The van der Waals surface area contributed by atoms with Gasteiger partial charge in [0, 0.05) is 40.3 Å². The van der Waals surface area contributed by atoms with Gasteiger partial charge >= 0.3 is 0 Å². The van der Waals surface area contributed by atoms with Crippen molar-refractivity contribution in [3.63, 3.8) is 0 Å². The largest absolute Gasteiger partial charge is 0.488 e. The lowest BCUT2D eigenvalue weighted by molar-refractivity contribution is -0.116. The lowest BCUT2D eigenvalue weighted by Gasteiger charge is -2.38. The zero-order valence-corrected chi connectivity index (χ0v) is 18.6. The Balaban J connectivity index is 1.82. The number of nitrogens with zero attached hydrogens (tertiary/aromatic N) is 2. The van der Waals surface area contributed by atoms with Gasteiger partial charge in [0.1, 0.15) is 24.0 Å². The molecule has 31 heavy (non-hydrogen) atoms. The van der Waals surface area contributed by atoms with Gasteiger partial charge in [-0.15, -0.1) is 0 Å². The quantitative estimate of drug-likeness (QED) is 0.671. The summed E-state index contributed by atoms with van der Waals surface area (Å²) >= 11 is 3.49. The van der Waals surface area contributed by atoms with Crippen molar-refractivity contribution in [3.8, 4) is 11.8 Å². The van der Waals surface area contributed by atoms with E-state index >= 15 is 0 Å². The van der Waals surface area contributed by atoms with E-state index in [1.165, 1.54) is 6.07 Å². The van der Waals surface area contributed by atoms with E-state index < -0.39 is 5.92 Å². The minimum atomic E-state index is -0.628. The molecule has 0 spiro atoms. The third-order valence-electron chi connectivity index (χ3n) is 5.79. The second-order valence-electron chi connectivity index (χ2n) is 7.60. The molecule has 1 atom stereocenters. The van der Waals surface area contributed by atoms with Gasteiger partial charge in [-0.05, 0) is 37.1 Å². The Kier molecular flexibility index (Phi) is 5.84. The summed E-state index contributed by atoms with van der Waals surface area (Å²) in [4.78, 5) is 14.7. The predicted molar refractivity (Wildman–Crippen MR) is 118 cm³/mol. The highest BCUT2D eigenvalue weighted by Gasteiger charge is 2.39. The van der Waals surface area contributed by atoms with Crippen LogP contribution in [0.1, 0.15) is 36.3 Å². The van der Waals surface area contributed by atoms with E-state index in [0.717, 1.165) is 16.6 Å². The number of hydrogen-bond donors (Lipinski definition) is 1. The molecule has 0 saturated heterocycles. The van der Waals surface area contributed by atoms with Crippen molar-refractivity contribution in [2.24, 2.45) is 5.73 Å². The van der Waals surface area contributed by atoms with Crippen molar-refractivity contribution in [2.75, 3.05) is 7.05 Å². The van der Waals surface area contributed by atoms with Gasteiger partial charge in [0.25, 0.3) is 0 Å². The van der Waals surface area contributed by atoms with Crippen LogP contribution < -0.4 is 10.5 Å². The van der Waals surface area contributed by atoms with Gasteiger partial charge in [-0.3, -0.25) is 4.79 Å². The first-order valence-corrected chi connectivity index (χ1v) is 10.8. The molecule has 1 aliphatic carbocycles. The van der Waals surface area contributed by atoms with Gasteiger partial charge in [-0.2, -0.15) is 5.26 Å². The Morgan fingerprint density at radius 3 is 2.81 bits per heavy atom. The van der Waals surface area contributed by atoms with Gasteiger partial charge in [0.2, 0.25) is 0 Å². The summed E-state index contributed by atoms with van der Waals surface area (Å²) in [5.41, 5.74) is 9.14. The highest BCUT2D eigenvalue weighted by Crippen LogP contribution is 2.47. The minimum Gasteiger partial charge on any atom is -0.488 e. The first-order valence-electron chi connectivity index (χ1n) is 9.97. The van der Waals surface area contributed by atoms with Gasteiger partial charge < -0.3 is 15.4 Å². The molecule has 158 valence electrons. The van der Waals surface area contributed by atoms with Crippen molar-refractivity contribution in [1.82, 2.24) is 4.90 Å². The Bertz CT molecular complexity index is 1170. The molecule has 2 aromatic rings. The Hall–Kier alpha value is -3.11. The highest BCUT2D eigenvalue weighted by molar-refractivity contribution is 9.10. The Morgan fingerprint density at radius 2 is 2.06 bits per heavy atom. The van der Waals surface area contributed by atoms with Crippen molar-refractivity contribution < 1.29 is 13.9 Å². The van der Waals surface area contributed by atoms with Crippen LogP contribution in [0, 0.1) is 17.1 Å². The van der Waals surface area contributed by atoms with Crippen molar-refractivity contribution in [2.45, 2.75) is 31.8 Å². The van der Waals surface area contributed by atoms with Gasteiger partial charge in [-0.25, -0.2) is 4.39 Å². The van der Waals surface area contributed by atoms with Crippen LogP contribution in [-0.4, -0.2) is 17.7 Å². The molecule has 7 heteroatoms. The number of ketones is 1. The SMILES string of the molecule is CN1C(N)=C(C#N)[C@@H](c2cc(Br)ccc2OCc2ccccc2F)C2=C1CCCC2=O. The van der Waals surface area contributed by atoms with E-state index in [2.05, 4.69) is 22.0 Å². The zero-order valence-electron chi connectivity index (χ0n) is 17.0. The summed E-state index contributed by atoms with van der Waals surface area (Å²) in [6, 6.07) is 14.0. The number of ether oxygens (including phenoxy) is 1. The summed E-state index contributed by atoms with van der Waals surface area (Å²) in [6.07, 6.45) is 1.90. The number of halogens is 2. The lowest BCUT2D eigenvalue weighted by atomic mass is 9.75. The van der Waals surface area contributed by atoms with Crippen LogP contribution in [0.4, 0.5) is 4.39 Å². The molecule has 0 saturated carbocycles. The lowest BCUT2D eigenvalue weighted by Crippen LogP contribution is -2.36. The second kappa shape index (κ2) is 8.56. The van der Waals surface area contributed by atoms with E-state index in [9.17, 15) is 14.4 Å². The molecule has 5 nitrogen and oxygen atoms in total. The molecule has 2 N–H and O–H groups in total. The van der Waals surface area contributed by atoms with Crippen LogP contribution in [0.3, 0.4) is 0 Å². The maximum absolute atomic E-state index is 14.1. The number of Topliss-reactive ketones (excluding diaryl/α,β-unsaturated/α-hetero) is 1. The summed E-state index contributed by atoms with van der Waals surface area (Å²) in [6.45, 7) is 0.0227. The maximum Gasteiger partial charge on any atom is 0.161 e. The van der Waals surface area contributed by atoms with E-state index in [1.54, 1.807) is 36.2 Å². The number of hydrogen-bond acceptors (Lipinski definition) is 5. The van der Waals surface area contributed by atoms with Crippen LogP contribution in [0.25, 0.3) is 0 Å². The molecule has 2 aromatic carbocycles. The molecular weight excluding hydrogens is 461 g/mol. The molecule has 0 amide bonds. The molecule has 4 rings (SSSR count). The van der Waals surface area contributed by atoms with Crippen LogP contribution in [-0.2, 0) is 11.4 Å². The summed E-state index contributed by atoms with van der Waals surface area (Å²) < 4.78 is 20.9. The van der Waals surface area contributed by atoms with Gasteiger partial charge in [-0.1, -0.05) is 34.1 Å². The number of nitriles is 1. The van der Waals surface area contributed by atoms with E-state index in [4.69, 9.17) is 10.5 Å². The molecule has 0 fully saturated rings. The summed E-state index contributed by atoms with van der Waals surface area (Å²) in [5, 5.41) is 9.94. The van der Waals surface area contributed by atoms with Crippen LogP contribution in [0.2, 0.25) is 0 Å². The predicted octanol–water partition coefficient (Wildman–Crippen LogP) is 4.90. The molecule has 1 heterocycles. The molecule has 1 aliphatic heterocycles. The average Bonchev–Trinajstić information content (AvgIpc) is 2.76. The molecule has 0 aromatic heterocycles. The van der Waals surface area contributed by atoms with Crippen LogP contribution in [0.5, 0.6) is 5.75 Å². The number of benzene rings is 2. The van der Waals surface area contributed by atoms with Gasteiger partial charge in [0.05, 0.1) is 17.6 Å². The fourth-order valence-corrected chi connectivity index (χ4v) is 4.60.